The van der Waals surface area contributed by atoms with E-state index in [1.165, 1.54) is 0 Å². The number of nitrogens with zero attached hydrogens (tertiary/aromatic N) is 2. The second-order valence-corrected chi connectivity index (χ2v) is 4.53. The van der Waals surface area contributed by atoms with E-state index in [1.54, 1.807) is 11.3 Å². The largest absolute Gasteiger partial charge is 0.245 e. The zero-order valence-electron chi connectivity index (χ0n) is 8.29. The standard InChI is InChI=1S/C10H14N2S/c1-4-8-9(6-11)13-10(12-8)5-7(2)3/h7H,4-5H2,1-3H3. The maximum Gasteiger partial charge on any atom is 0.128 e. The fourth-order valence-electron chi connectivity index (χ4n) is 1.16. The Kier molecular flexibility index (Phi) is 3.44. The molecule has 0 atom stereocenters. The van der Waals surface area contributed by atoms with E-state index in [9.17, 15) is 0 Å². The fraction of sp³-hybridized carbons (Fsp3) is 0.600. The molecule has 1 rings (SSSR count). The van der Waals surface area contributed by atoms with Gasteiger partial charge in [-0.3, -0.25) is 0 Å². The lowest BCUT2D eigenvalue weighted by atomic mass is 10.1. The van der Waals surface area contributed by atoms with Gasteiger partial charge >= 0.3 is 0 Å². The van der Waals surface area contributed by atoms with Crippen molar-refractivity contribution >= 4 is 11.3 Å². The van der Waals surface area contributed by atoms with Crippen LogP contribution in [0.1, 0.15) is 36.3 Å². The summed E-state index contributed by atoms with van der Waals surface area (Å²) in [7, 11) is 0. The van der Waals surface area contributed by atoms with Gasteiger partial charge < -0.3 is 0 Å². The van der Waals surface area contributed by atoms with Crippen LogP contribution in [0.3, 0.4) is 0 Å². The van der Waals surface area contributed by atoms with Gasteiger partial charge in [0.05, 0.1) is 10.7 Å². The average Bonchev–Trinajstić information content (AvgIpc) is 2.45. The lowest BCUT2D eigenvalue weighted by Crippen LogP contribution is -1.93. The van der Waals surface area contributed by atoms with Gasteiger partial charge in [0.25, 0.3) is 0 Å². The van der Waals surface area contributed by atoms with Crippen LogP contribution in [0.5, 0.6) is 0 Å². The number of rotatable bonds is 3. The van der Waals surface area contributed by atoms with Gasteiger partial charge in [-0.15, -0.1) is 11.3 Å². The molecule has 0 saturated carbocycles. The summed E-state index contributed by atoms with van der Waals surface area (Å²) in [5.41, 5.74) is 0.961. The molecule has 70 valence electrons. The number of aromatic nitrogens is 1. The molecule has 0 spiro atoms. The van der Waals surface area contributed by atoms with E-state index < -0.39 is 0 Å². The monoisotopic (exact) mass is 194 g/mol. The summed E-state index contributed by atoms with van der Waals surface area (Å²) in [5, 5.41) is 9.92. The van der Waals surface area contributed by atoms with Crippen molar-refractivity contribution < 1.29 is 0 Å². The summed E-state index contributed by atoms with van der Waals surface area (Å²) in [6.07, 6.45) is 1.84. The molecule has 0 saturated heterocycles. The minimum absolute atomic E-state index is 0.613. The minimum Gasteiger partial charge on any atom is -0.245 e. The molecular weight excluding hydrogens is 180 g/mol. The van der Waals surface area contributed by atoms with E-state index in [1.807, 2.05) is 6.92 Å². The first-order valence-electron chi connectivity index (χ1n) is 4.56. The van der Waals surface area contributed by atoms with Crippen molar-refractivity contribution in [2.75, 3.05) is 0 Å². The van der Waals surface area contributed by atoms with Gasteiger partial charge in [-0.05, 0) is 12.3 Å². The molecule has 3 heteroatoms. The molecule has 0 aliphatic carbocycles. The van der Waals surface area contributed by atoms with Gasteiger partial charge in [0.2, 0.25) is 0 Å². The van der Waals surface area contributed by atoms with E-state index in [0.29, 0.717) is 5.92 Å². The van der Waals surface area contributed by atoms with Crippen molar-refractivity contribution in [1.82, 2.24) is 4.98 Å². The van der Waals surface area contributed by atoms with Crippen LogP contribution in [0, 0.1) is 17.2 Å². The predicted molar refractivity (Wildman–Crippen MR) is 54.7 cm³/mol. The van der Waals surface area contributed by atoms with Gasteiger partial charge in [-0.25, -0.2) is 4.98 Å². The summed E-state index contributed by atoms with van der Waals surface area (Å²) in [5.74, 6) is 0.613. The Hall–Kier alpha value is -0.880. The quantitative estimate of drug-likeness (QED) is 0.742. The van der Waals surface area contributed by atoms with E-state index in [4.69, 9.17) is 5.26 Å². The van der Waals surface area contributed by atoms with Gasteiger partial charge in [0.15, 0.2) is 0 Å². The Balaban J connectivity index is 2.88. The summed E-state index contributed by atoms with van der Waals surface area (Å²) in [4.78, 5) is 5.23. The van der Waals surface area contributed by atoms with E-state index in [-0.39, 0.29) is 0 Å². The zero-order valence-corrected chi connectivity index (χ0v) is 9.11. The normalized spacial score (nSPS) is 10.4. The first-order valence-corrected chi connectivity index (χ1v) is 5.37. The average molecular weight is 194 g/mol. The Labute approximate surface area is 83.2 Å². The topological polar surface area (TPSA) is 36.7 Å². The van der Waals surface area contributed by atoms with E-state index in [0.717, 1.165) is 28.4 Å². The fourth-order valence-corrected chi connectivity index (χ4v) is 2.33. The van der Waals surface area contributed by atoms with Crippen LogP contribution in [0.15, 0.2) is 0 Å². The highest BCUT2D eigenvalue weighted by atomic mass is 32.1. The van der Waals surface area contributed by atoms with Crippen LogP contribution in [-0.4, -0.2) is 4.98 Å². The molecule has 0 radical (unpaired) electrons. The van der Waals surface area contributed by atoms with Crippen LogP contribution >= 0.6 is 11.3 Å². The maximum atomic E-state index is 8.82. The highest BCUT2D eigenvalue weighted by Crippen LogP contribution is 2.20. The second kappa shape index (κ2) is 4.38. The Morgan fingerprint density at radius 1 is 1.54 bits per heavy atom. The maximum absolute atomic E-state index is 8.82. The molecule has 1 heterocycles. The van der Waals surface area contributed by atoms with Crippen molar-refractivity contribution in [3.63, 3.8) is 0 Å². The summed E-state index contributed by atoms with van der Waals surface area (Å²) >= 11 is 1.54. The van der Waals surface area contributed by atoms with Crippen molar-refractivity contribution in [3.05, 3.63) is 15.6 Å². The number of nitriles is 1. The highest BCUT2D eigenvalue weighted by molar-refractivity contribution is 7.12. The lowest BCUT2D eigenvalue weighted by molar-refractivity contribution is 0.643. The molecule has 2 nitrogen and oxygen atoms in total. The third-order valence-electron chi connectivity index (χ3n) is 1.76. The molecule has 13 heavy (non-hydrogen) atoms. The van der Waals surface area contributed by atoms with E-state index >= 15 is 0 Å². The second-order valence-electron chi connectivity index (χ2n) is 3.45. The predicted octanol–water partition coefficient (Wildman–Crippen LogP) is 2.78. The van der Waals surface area contributed by atoms with Crippen LogP contribution in [0.4, 0.5) is 0 Å². The van der Waals surface area contributed by atoms with Crippen LogP contribution < -0.4 is 0 Å². The van der Waals surface area contributed by atoms with Crippen LogP contribution in [0.2, 0.25) is 0 Å². The molecule has 0 amide bonds. The first-order chi connectivity index (χ1) is 6.17. The van der Waals surface area contributed by atoms with Crippen molar-refractivity contribution in [3.8, 4) is 6.07 Å². The summed E-state index contributed by atoms with van der Waals surface area (Å²) < 4.78 is 0. The Morgan fingerprint density at radius 2 is 2.23 bits per heavy atom. The summed E-state index contributed by atoms with van der Waals surface area (Å²) in [6.45, 7) is 6.37. The molecule has 0 fully saturated rings. The number of aryl methyl sites for hydroxylation is 1. The van der Waals surface area contributed by atoms with Gasteiger partial charge in [0.1, 0.15) is 10.9 Å². The molecule has 0 aliphatic rings. The molecule has 0 aromatic carbocycles. The Morgan fingerprint density at radius 3 is 2.62 bits per heavy atom. The molecule has 0 aliphatic heterocycles. The van der Waals surface area contributed by atoms with E-state index in [2.05, 4.69) is 24.9 Å². The number of thiazole rings is 1. The Bertz CT molecular complexity index is 320. The summed E-state index contributed by atoms with van der Waals surface area (Å²) in [6, 6.07) is 2.20. The molecule has 1 aromatic rings. The SMILES string of the molecule is CCc1nc(CC(C)C)sc1C#N. The van der Waals surface area contributed by atoms with Gasteiger partial charge in [-0.2, -0.15) is 5.26 Å². The van der Waals surface area contributed by atoms with Gasteiger partial charge in [0, 0.05) is 6.42 Å². The molecular formula is C10H14N2S. The third kappa shape index (κ3) is 2.53. The minimum atomic E-state index is 0.613. The number of hydrogen-bond acceptors (Lipinski definition) is 3. The van der Waals surface area contributed by atoms with Crippen LogP contribution in [-0.2, 0) is 12.8 Å². The van der Waals surface area contributed by atoms with Crippen molar-refractivity contribution in [2.24, 2.45) is 5.92 Å². The zero-order chi connectivity index (χ0) is 9.84. The third-order valence-corrected chi connectivity index (χ3v) is 2.79. The van der Waals surface area contributed by atoms with Crippen LogP contribution in [0.25, 0.3) is 0 Å². The van der Waals surface area contributed by atoms with Gasteiger partial charge in [-0.1, -0.05) is 20.8 Å². The number of hydrogen-bond donors (Lipinski definition) is 0. The van der Waals surface area contributed by atoms with Crippen molar-refractivity contribution in [1.29, 1.82) is 5.26 Å². The molecule has 0 unspecified atom stereocenters. The molecule has 0 N–H and O–H groups in total. The van der Waals surface area contributed by atoms with Crippen molar-refractivity contribution in [2.45, 2.75) is 33.6 Å². The lowest BCUT2D eigenvalue weighted by Gasteiger charge is -1.97. The molecule has 0 bridgehead atoms. The smallest absolute Gasteiger partial charge is 0.128 e. The highest BCUT2D eigenvalue weighted by Gasteiger charge is 2.09. The first kappa shape index (κ1) is 10.2. The molecule has 1 aromatic heterocycles.